The SMILES string of the molecule is C#CCNC(=O)C1CCN(S(=O)(=O)c2cccs2)CC1. The van der Waals surface area contributed by atoms with Crippen molar-refractivity contribution in [1.82, 2.24) is 9.62 Å². The van der Waals surface area contributed by atoms with E-state index in [4.69, 9.17) is 6.42 Å². The first kappa shape index (κ1) is 15.0. The quantitative estimate of drug-likeness (QED) is 0.840. The highest BCUT2D eigenvalue weighted by Gasteiger charge is 2.32. The Morgan fingerprint density at radius 1 is 1.50 bits per heavy atom. The summed E-state index contributed by atoms with van der Waals surface area (Å²) in [7, 11) is -3.40. The molecular formula is C13H16N2O3S2. The van der Waals surface area contributed by atoms with Crippen molar-refractivity contribution in [2.24, 2.45) is 5.92 Å². The number of nitrogens with zero attached hydrogens (tertiary/aromatic N) is 1. The van der Waals surface area contributed by atoms with E-state index in [1.807, 2.05) is 0 Å². The number of hydrogen-bond donors (Lipinski definition) is 1. The van der Waals surface area contributed by atoms with Crippen LogP contribution in [0.25, 0.3) is 0 Å². The lowest BCUT2D eigenvalue weighted by atomic mass is 9.97. The smallest absolute Gasteiger partial charge is 0.252 e. The second kappa shape index (κ2) is 6.39. The fourth-order valence-electron chi connectivity index (χ4n) is 2.18. The van der Waals surface area contributed by atoms with E-state index in [1.165, 1.54) is 15.6 Å². The van der Waals surface area contributed by atoms with E-state index in [2.05, 4.69) is 11.2 Å². The molecule has 1 saturated heterocycles. The van der Waals surface area contributed by atoms with Gasteiger partial charge in [-0.05, 0) is 24.3 Å². The number of carbonyl (C=O) groups is 1. The number of carbonyl (C=O) groups excluding carboxylic acids is 1. The Morgan fingerprint density at radius 3 is 2.75 bits per heavy atom. The third-order valence-corrected chi connectivity index (χ3v) is 6.55. The number of amides is 1. The summed E-state index contributed by atoms with van der Waals surface area (Å²) in [4.78, 5) is 11.8. The number of hydrogen-bond acceptors (Lipinski definition) is 4. The molecule has 1 amide bonds. The average Bonchev–Trinajstić information content (AvgIpc) is 3.00. The van der Waals surface area contributed by atoms with Crippen LogP contribution in [-0.2, 0) is 14.8 Å². The van der Waals surface area contributed by atoms with Crippen LogP contribution in [0.5, 0.6) is 0 Å². The molecular weight excluding hydrogens is 296 g/mol. The largest absolute Gasteiger partial charge is 0.345 e. The molecule has 0 unspecified atom stereocenters. The molecule has 0 spiro atoms. The zero-order valence-corrected chi connectivity index (χ0v) is 12.5. The number of terminal acetylenes is 1. The molecule has 1 aromatic rings. The van der Waals surface area contributed by atoms with Crippen molar-refractivity contribution in [3.8, 4) is 12.3 Å². The Bertz CT molecular complexity index is 594. The minimum Gasteiger partial charge on any atom is -0.345 e. The van der Waals surface area contributed by atoms with Gasteiger partial charge in [0.05, 0.1) is 6.54 Å². The van der Waals surface area contributed by atoms with Crippen molar-refractivity contribution in [1.29, 1.82) is 0 Å². The van der Waals surface area contributed by atoms with Gasteiger partial charge in [-0.3, -0.25) is 4.79 Å². The van der Waals surface area contributed by atoms with Crippen molar-refractivity contribution in [2.75, 3.05) is 19.6 Å². The third kappa shape index (κ3) is 3.20. The van der Waals surface area contributed by atoms with Gasteiger partial charge in [0, 0.05) is 19.0 Å². The molecule has 0 aromatic carbocycles. The summed E-state index contributed by atoms with van der Waals surface area (Å²) in [6.07, 6.45) is 6.15. The molecule has 20 heavy (non-hydrogen) atoms. The van der Waals surface area contributed by atoms with Gasteiger partial charge in [0.1, 0.15) is 4.21 Å². The first-order valence-electron chi connectivity index (χ1n) is 6.30. The summed E-state index contributed by atoms with van der Waals surface area (Å²) in [5.74, 6) is 2.11. The first-order chi connectivity index (χ1) is 9.55. The summed E-state index contributed by atoms with van der Waals surface area (Å²) in [5.41, 5.74) is 0. The molecule has 1 aromatic heterocycles. The number of nitrogens with one attached hydrogen (secondary N) is 1. The normalized spacial score (nSPS) is 17.6. The lowest BCUT2D eigenvalue weighted by molar-refractivity contribution is -0.125. The highest BCUT2D eigenvalue weighted by Crippen LogP contribution is 2.26. The maximum absolute atomic E-state index is 12.3. The molecule has 1 fully saturated rings. The highest BCUT2D eigenvalue weighted by molar-refractivity contribution is 7.91. The second-order valence-corrected chi connectivity index (χ2v) is 7.64. The minimum absolute atomic E-state index is 0.0869. The number of sulfonamides is 1. The third-order valence-electron chi connectivity index (χ3n) is 3.28. The lowest BCUT2D eigenvalue weighted by Gasteiger charge is -2.29. The predicted octanol–water partition coefficient (Wildman–Crippen LogP) is 0.898. The summed E-state index contributed by atoms with van der Waals surface area (Å²) in [5, 5.41) is 4.39. The molecule has 0 bridgehead atoms. The van der Waals surface area contributed by atoms with Gasteiger partial charge in [-0.1, -0.05) is 12.0 Å². The molecule has 0 atom stereocenters. The number of piperidine rings is 1. The number of rotatable bonds is 4. The Balaban J connectivity index is 1.95. The van der Waals surface area contributed by atoms with Crippen molar-refractivity contribution < 1.29 is 13.2 Å². The van der Waals surface area contributed by atoms with Gasteiger partial charge in [-0.2, -0.15) is 4.31 Å². The Kier molecular flexibility index (Phi) is 4.81. The molecule has 5 nitrogen and oxygen atoms in total. The van der Waals surface area contributed by atoms with Gasteiger partial charge in [0.2, 0.25) is 5.91 Å². The van der Waals surface area contributed by atoms with Crippen LogP contribution in [0.4, 0.5) is 0 Å². The molecule has 7 heteroatoms. The van der Waals surface area contributed by atoms with E-state index in [0.717, 1.165) is 0 Å². The van der Waals surface area contributed by atoms with E-state index in [0.29, 0.717) is 30.1 Å². The van der Waals surface area contributed by atoms with Gasteiger partial charge in [-0.15, -0.1) is 17.8 Å². The Morgan fingerprint density at radius 2 is 2.20 bits per heavy atom. The van der Waals surface area contributed by atoms with Crippen LogP contribution in [0, 0.1) is 18.3 Å². The second-order valence-electron chi connectivity index (χ2n) is 4.53. The Hall–Kier alpha value is -1.36. The summed E-state index contributed by atoms with van der Waals surface area (Å²) in [6, 6.07) is 3.32. The summed E-state index contributed by atoms with van der Waals surface area (Å²) < 4.78 is 26.4. The standard InChI is InChI=1S/C13H16N2O3S2/c1-2-7-14-13(16)11-5-8-15(9-6-11)20(17,18)12-4-3-10-19-12/h1,3-4,10-11H,5-9H2,(H,14,16). The lowest BCUT2D eigenvalue weighted by Crippen LogP contribution is -2.42. The van der Waals surface area contributed by atoms with E-state index in [-0.39, 0.29) is 18.4 Å². The molecule has 2 rings (SSSR count). The highest BCUT2D eigenvalue weighted by atomic mass is 32.2. The van der Waals surface area contributed by atoms with Crippen LogP contribution in [0.3, 0.4) is 0 Å². The average molecular weight is 312 g/mol. The predicted molar refractivity (Wildman–Crippen MR) is 77.6 cm³/mol. The van der Waals surface area contributed by atoms with Crippen LogP contribution in [0.2, 0.25) is 0 Å². The van der Waals surface area contributed by atoms with Gasteiger partial charge in [0.15, 0.2) is 0 Å². The molecule has 1 aliphatic heterocycles. The maximum atomic E-state index is 12.3. The zero-order chi connectivity index (χ0) is 14.6. The zero-order valence-electron chi connectivity index (χ0n) is 10.9. The van der Waals surface area contributed by atoms with Gasteiger partial charge < -0.3 is 5.32 Å². The maximum Gasteiger partial charge on any atom is 0.252 e. The molecule has 108 valence electrons. The van der Waals surface area contributed by atoms with Crippen molar-refractivity contribution in [2.45, 2.75) is 17.1 Å². The molecule has 0 saturated carbocycles. The van der Waals surface area contributed by atoms with Crippen LogP contribution in [0.1, 0.15) is 12.8 Å². The molecule has 0 aliphatic carbocycles. The van der Waals surface area contributed by atoms with Crippen molar-refractivity contribution in [3.05, 3.63) is 17.5 Å². The fraction of sp³-hybridized carbons (Fsp3) is 0.462. The topological polar surface area (TPSA) is 66.5 Å². The fourth-order valence-corrected chi connectivity index (χ4v) is 4.79. The molecule has 1 N–H and O–H groups in total. The van der Waals surface area contributed by atoms with Crippen molar-refractivity contribution in [3.63, 3.8) is 0 Å². The van der Waals surface area contributed by atoms with E-state index < -0.39 is 10.0 Å². The molecule has 2 heterocycles. The van der Waals surface area contributed by atoms with Gasteiger partial charge in [0.25, 0.3) is 10.0 Å². The summed E-state index contributed by atoms with van der Waals surface area (Å²) >= 11 is 1.21. The van der Waals surface area contributed by atoms with Crippen LogP contribution < -0.4 is 5.32 Å². The van der Waals surface area contributed by atoms with Gasteiger partial charge >= 0.3 is 0 Å². The number of thiophene rings is 1. The van der Waals surface area contributed by atoms with E-state index in [9.17, 15) is 13.2 Å². The van der Waals surface area contributed by atoms with Crippen LogP contribution >= 0.6 is 11.3 Å². The monoisotopic (exact) mass is 312 g/mol. The van der Waals surface area contributed by atoms with Crippen LogP contribution in [0.15, 0.2) is 21.7 Å². The van der Waals surface area contributed by atoms with Crippen LogP contribution in [-0.4, -0.2) is 38.3 Å². The Labute approximate surface area is 123 Å². The minimum atomic E-state index is -3.40. The van der Waals surface area contributed by atoms with E-state index >= 15 is 0 Å². The molecule has 1 aliphatic rings. The van der Waals surface area contributed by atoms with E-state index in [1.54, 1.807) is 17.5 Å². The van der Waals surface area contributed by atoms with Gasteiger partial charge in [-0.25, -0.2) is 8.42 Å². The van der Waals surface area contributed by atoms with Crippen molar-refractivity contribution >= 4 is 27.3 Å². The summed E-state index contributed by atoms with van der Waals surface area (Å²) in [6.45, 7) is 0.954. The first-order valence-corrected chi connectivity index (χ1v) is 8.62. The molecule has 0 radical (unpaired) electrons.